The largest absolute Gasteiger partial charge is 0.507 e. The number of benzene rings is 3. The molecule has 174 valence electrons. The van der Waals surface area contributed by atoms with Crippen LogP contribution in [0.5, 0.6) is 11.5 Å². The Morgan fingerprint density at radius 3 is 2.44 bits per heavy atom. The lowest BCUT2D eigenvalue weighted by molar-refractivity contribution is -0.132. The van der Waals surface area contributed by atoms with E-state index in [1.54, 1.807) is 48.5 Å². The number of methoxy groups -OCH3 is 1. The molecule has 3 aromatic carbocycles. The minimum absolute atomic E-state index is 0.0274. The van der Waals surface area contributed by atoms with Gasteiger partial charge >= 0.3 is 0 Å². The van der Waals surface area contributed by atoms with Gasteiger partial charge in [0.2, 0.25) is 0 Å². The van der Waals surface area contributed by atoms with E-state index in [0.29, 0.717) is 34.9 Å². The first-order valence-electron chi connectivity index (χ1n) is 10.8. The number of rotatable bonds is 6. The second kappa shape index (κ2) is 9.61. The Bertz CT molecular complexity index is 1280. The Labute approximate surface area is 203 Å². The Morgan fingerprint density at radius 1 is 1.06 bits per heavy atom. The van der Waals surface area contributed by atoms with Crippen molar-refractivity contribution in [3.63, 3.8) is 0 Å². The van der Waals surface area contributed by atoms with Gasteiger partial charge in [-0.2, -0.15) is 0 Å². The molecule has 0 saturated carbocycles. The van der Waals surface area contributed by atoms with Gasteiger partial charge in [0, 0.05) is 11.3 Å². The molecule has 1 aliphatic rings. The normalized spacial score (nSPS) is 17.2. The summed E-state index contributed by atoms with van der Waals surface area (Å²) in [7, 11) is 1.49. The number of ether oxygens (including phenoxy) is 2. The van der Waals surface area contributed by atoms with Gasteiger partial charge in [-0.25, -0.2) is 0 Å². The van der Waals surface area contributed by atoms with Crippen molar-refractivity contribution in [1.29, 1.82) is 0 Å². The molecule has 0 bridgehead atoms. The molecular formula is C27H24ClNO5. The number of carbonyl (C=O) groups excluding carboxylic acids is 2. The molecule has 6 nitrogen and oxygen atoms in total. The molecule has 0 spiro atoms. The molecular weight excluding hydrogens is 454 g/mol. The summed E-state index contributed by atoms with van der Waals surface area (Å²) < 4.78 is 10.8. The number of aliphatic hydroxyl groups excluding tert-OH is 1. The number of Topliss-reactive ketones (excluding diaryl/α,β-unsaturated/α-hetero) is 1. The number of ketones is 1. The van der Waals surface area contributed by atoms with Crippen molar-refractivity contribution in [2.75, 3.05) is 18.6 Å². The van der Waals surface area contributed by atoms with Gasteiger partial charge in [0.15, 0.2) is 0 Å². The van der Waals surface area contributed by atoms with Gasteiger partial charge in [-0.1, -0.05) is 41.4 Å². The lowest BCUT2D eigenvalue weighted by atomic mass is 9.95. The lowest BCUT2D eigenvalue weighted by Crippen LogP contribution is -2.29. The van der Waals surface area contributed by atoms with E-state index in [2.05, 4.69) is 0 Å². The first-order valence-corrected chi connectivity index (χ1v) is 11.2. The molecule has 1 aliphatic heterocycles. The van der Waals surface area contributed by atoms with E-state index in [1.807, 2.05) is 26.0 Å². The van der Waals surface area contributed by atoms with E-state index >= 15 is 0 Å². The molecule has 1 heterocycles. The highest BCUT2D eigenvalue weighted by Gasteiger charge is 2.47. The maximum Gasteiger partial charge on any atom is 0.300 e. The summed E-state index contributed by atoms with van der Waals surface area (Å²) in [4.78, 5) is 27.9. The highest BCUT2D eigenvalue weighted by Crippen LogP contribution is 2.43. The summed E-state index contributed by atoms with van der Waals surface area (Å²) in [6, 6.07) is 18.3. The van der Waals surface area contributed by atoms with E-state index in [1.165, 1.54) is 18.1 Å². The number of anilines is 1. The van der Waals surface area contributed by atoms with E-state index in [-0.39, 0.29) is 16.4 Å². The SMILES string of the molecule is CCOc1cccc(C2/C(=C(\O)c3ccc(OC)c(Cl)c3)C(=O)C(=O)N2c2ccc(C)cc2)c1. The zero-order valence-corrected chi connectivity index (χ0v) is 19.8. The number of aliphatic hydroxyl groups is 1. The molecule has 0 aliphatic carbocycles. The number of halogens is 1. The monoisotopic (exact) mass is 477 g/mol. The van der Waals surface area contributed by atoms with Gasteiger partial charge < -0.3 is 14.6 Å². The van der Waals surface area contributed by atoms with Crippen molar-refractivity contribution in [3.05, 3.63) is 94.0 Å². The van der Waals surface area contributed by atoms with Crippen molar-refractivity contribution in [1.82, 2.24) is 0 Å². The van der Waals surface area contributed by atoms with Crippen molar-refractivity contribution < 1.29 is 24.2 Å². The van der Waals surface area contributed by atoms with Crippen LogP contribution in [-0.2, 0) is 9.59 Å². The summed E-state index contributed by atoms with van der Waals surface area (Å²) in [6.07, 6.45) is 0. The van der Waals surface area contributed by atoms with Crippen LogP contribution in [0.2, 0.25) is 5.02 Å². The third kappa shape index (κ3) is 4.24. The van der Waals surface area contributed by atoms with Crippen molar-refractivity contribution in [3.8, 4) is 11.5 Å². The van der Waals surface area contributed by atoms with Gasteiger partial charge in [0.05, 0.1) is 30.4 Å². The Hall–Kier alpha value is -3.77. The number of hydrogen-bond acceptors (Lipinski definition) is 5. The topological polar surface area (TPSA) is 76.1 Å². The van der Waals surface area contributed by atoms with Crippen LogP contribution in [0, 0.1) is 6.92 Å². The zero-order chi connectivity index (χ0) is 24.4. The van der Waals surface area contributed by atoms with Crippen molar-refractivity contribution in [2.45, 2.75) is 19.9 Å². The second-order valence-corrected chi connectivity index (χ2v) is 8.27. The van der Waals surface area contributed by atoms with E-state index in [9.17, 15) is 14.7 Å². The summed E-state index contributed by atoms with van der Waals surface area (Å²) in [6.45, 7) is 4.28. The van der Waals surface area contributed by atoms with Crippen LogP contribution >= 0.6 is 11.6 Å². The molecule has 1 fully saturated rings. The first-order chi connectivity index (χ1) is 16.3. The van der Waals surface area contributed by atoms with Crippen LogP contribution in [0.15, 0.2) is 72.3 Å². The van der Waals surface area contributed by atoms with Gasteiger partial charge in [-0.15, -0.1) is 0 Å². The number of amides is 1. The van der Waals surface area contributed by atoms with Crippen LogP contribution < -0.4 is 14.4 Å². The van der Waals surface area contributed by atoms with Gasteiger partial charge in [-0.3, -0.25) is 14.5 Å². The van der Waals surface area contributed by atoms with Crippen molar-refractivity contribution in [2.24, 2.45) is 0 Å². The van der Waals surface area contributed by atoms with Crippen molar-refractivity contribution >= 4 is 34.7 Å². The number of carbonyl (C=O) groups is 2. The van der Waals surface area contributed by atoms with Crippen LogP contribution in [0.4, 0.5) is 5.69 Å². The van der Waals surface area contributed by atoms with Crippen LogP contribution in [0.3, 0.4) is 0 Å². The molecule has 1 atom stereocenters. The molecule has 1 N–H and O–H groups in total. The highest BCUT2D eigenvalue weighted by atomic mass is 35.5. The number of nitrogens with zero attached hydrogens (tertiary/aromatic N) is 1. The molecule has 1 amide bonds. The molecule has 1 unspecified atom stereocenters. The Morgan fingerprint density at radius 2 is 1.79 bits per heavy atom. The van der Waals surface area contributed by atoms with E-state index in [0.717, 1.165) is 5.56 Å². The third-order valence-electron chi connectivity index (χ3n) is 5.67. The molecule has 3 aromatic rings. The molecule has 34 heavy (non-hydrogen) atoms. The van der Waals surface area contributed by atoms with Crippen LogP contribution in [-0.4, -0.2) is 30.5 Å². The summed E-state index contributed by atoms with van der Waals surface area (Å²) >= 11 is 6.26. The average molecular weight is 478 g/mol. The third-order valence-corrected chi connectivity index (χ3v) is 5.96. The first kappa shape index (κ1) is 23.4. The van der Waals surface area contributed by atoms with Crippen LogP contribution in [0.25, 0.3) is 5.76 Å². The fraction of sp³-hybridized carbons (Fsp3) is 0.185. The number of hydrogen-bond donors (Lipinski definition) is 1. The number of aryl methyl sites for hydroxylation is 1. The maximum absolute atomic E-state index is 13.3. The fourth-order valence-electron chi connectivity index (χ4n) is 4.03. The molecule has 7 heteroatoms. The van der Waals surface area contributed by atoms with E-state index < -0.39 is 17.7 Å². The fourth-order valence-corrected chi connectivity index (χ4v) is 4.29. The quantitative estimate of drug-likeness (QED) is 0.281. The predicted octanol–water partition coefficient (Wildman–Crippen LogP) is 5.68. The lowest BCUT2D eigenvalue weighted by Gasteiger charge is -2.26. The Balaban J connectivity index is 1.93. The summed E-state index contributed by atoms with van der Waals surface area (Å²) in [5, 5.41) is 11.5. The Kier molecular flexibility index (Phi) is 6.61. The second-order valence-electron chi connectivity index (χ2n) is 7.86. The predicted molar refractivity (Wildman–Crippen MR) is 132 cm³/mol. The highest BCUT2D eigenvalue weighted by molar-refractivity contribution is 6.51. The average Bonchev–Trinajstić information content (AvgIpc) is 3.10. The van der Waals surface area contributed by atoms with E-state index in [4.69, 9.17) is 21.1 Å². The molecule has 0 aromatic heterocycles. The van der Waals surface area contributed by atoms with Gasteiger partial charge in [0.1, 0.15) is 17.3 Å². The molecule has 4 rings (SSSR count). The zero-order valence-electron chi connectivity index (χ0n) is 19.0. The van der Waals surface area contributed by atoms with Gasteiger partial charge in [-0.05, 0) is 61.9 Å². The standard InChI is InChI=1S/C27H24ClNO5/c1-4-34-20-7-5-6-17(14-20)24-23(25(30)18-10-13-22(33-3)21(28)15-18)26(31)27(32)29(24)19-11-8-16(2)9-12-19/h5-15,24,30H,4H2,1-3H3/b25-23+. The van der Waals surface area contributed by atoms with Gasteiger partial charge in [0.25, 0.3) is 11.7 Å². The summed E-state index contributed by atoms with van der Waals surface area (Å²) in [5.41, 5.74) is 2.47. The molecule has 1 saturated heterocycles. The smallest absolute Gasteiger partial charge is 0.300 e. The minimum atomic E-state index is -0.857. The minimum Gasteiger partial charge on any atom is -0.507 e. The maximum atomic E-state index is 13.3. The summed E-state index contributed by atoms with van der Waals surface area (Å²) in [5.74, 6) is -0.792. The van der Waals surface area contributed by atoms with Crippen LogP contribution in [0.1, 0.15) is 29.7 Å². The molecule has 0 radical (unpaired) electrons.